The summed E-state index contributed by atoms with van der Waals surface area (Å²) in [6.07, 6.45) is 0.190. The van der Waals surface area contributed by atoms with Gasteiger partial charge in [0.1, 0.15) is 0 Å². The lowest BCUT2D eigenvalue weighted by molar-refractivity contribution is -0.150. The second-order valence-electron chi connectivity index (χ2n) is 4.28. The summed E-state index contributed by atoms with van der Waals surface area (Å²) in [4.78, 5) is 23.7. The zero-order chi connectivity index (χ0) is 12.8. The predicted octanol–water partition coefficient (Wildman–Crippen LogP) is 1.47. The summed E-state index contributed by atoms with van der Waals surface area (Å²) in [7, 11) is 1.64. The first kappa shape index (κ1) is 11.6. The van der Waals surface area contributed by atoms with Gasteiger partial charge < -0.3 is 10.0 Å². The lowest BCUT2D eigenvalue weighted by atomic mass is 9.95. The highest BCUT2D eigenvalue weighted by molar-refractivity contribution is 6.01. The fourth-order valence-electron chi connectivity index (χ4n) is 1.89. The van der Waals surface area contributed by atoms with Crippen molar-refractivity contribution in [1.29, 1.82) is 0 Å². The van der Waals surface area contributed by atoms with Gasteiger partial charge in [0, 0.05) is 18.3 Å². The van der Waals surface area contributed by atoms with Gasteiger partial charge in [-0.05, 0) is 24.6 Å². The smallest absolute Gasteiger partial charge is 0.345 e. The summed E-state index contributed by atoms with van der Waals surface area (Å²) < 4.78 is 13.9. The number of alkyl halides is 1. The average molecular weight is 237 g/mol. The molecular weight excluding hydrogens is 225 g/mol. The minimum Gasteiger partial charge on any atom is -0.479 e. The average Bonchev–Trinajstić information content (AvgIpc) is 2.54. The van der Waals surface area contributed by atoms with Crippen LogP contribution in [0.15, 0.2) is 18.2 Å². The van der Waals surface area contributed by atoms with E-state index in [1.54, 1.807) is 13.1 Å². The molecule has 1 aromatic rings. The fraction of sp³-hybridized carbons (Fsp3) is 0.333. The Hall–Kier alpha value is -1.91. The van der Waals surface area contributed by atoms with Gasteiger partial charge in [0.2, 0.25) is 11.6 Å². The molecule has 0 saturated carbocycles. The molecule has 0 aromatic heterocycles. The van der Waals surface area contributed by atoms with Crippen LogP contribution >= 0.6 is 0 Å². The molecule has 1 aliphatic rings. The Morgan fingerprint density at radius 3 is 2.76 bits per heavy atom. The third-order valence-electron chi connectivity index (χ3n) is 3.10. The third kappa shape index (κ3) is 1.67. The number of amides is 1. The zero-order valence-corrected chi connectivity index (χ0v) is 9.53. The highest BCUT2D eigenvalue weighted by atomic mass is 19.1. The van der Waals surface area contributed by atoms with Gasteiger partial charge in [-0.1, -0.05) is 6.07 Å². The number of hydrogen-bond donors (Lipinski definition) is 1. The van der Waals surface area contributed by atoms with Crippen LogP contribution in [0.2, 0.25) is 0 Å². The molecule has 1 aromatic carbocycles. The molecule has 1 N–H and O–H groups in total. The normalized spacial score (nSPS) is 17.8. The Morgan fingerprint density at radius 2 is 2.18 bits per heavy atom. The second-order valence-corrected chi connectivity index (χ2v) is 4.28. The molecule has 0 bridgehead atoms. The highest BCUT2D eigenvalue weighted by Gasteiger charge is 2.36. The first-order chi connectivity index (χ1) is 7.84. The molecule has 1 aliphatic heterocycles. The van der Waals surface area contributed by atoms with E-state index in [-0.39, 0.29) is 17.9 Å². The Balaban J connectivity index is 2.47. The van der Waals surface area contributed by atoms with Crippen molar-refractivity contribution in [3.05, 3.63) is 29.3 Å². The predicted molar refractivity (Wildman–Crippen MR) is 59.7 cm³/mol. The molecular formula is C12H12FNO3. The number of carboxylic acid groups (broad SMARTS) is 1. The minimum atomic E-state index is -2.43. The van der Waals surface area contributed by atoms with E-state index in [0.717, 1.165) is 6.92 Å². The number of carboxylic acids is 1. The lowest BCUT2D eigenvalue weighted by Gasteiger charge is -2.17. The maximum absolute atomic E-state index is 13.9. The number of carbonyl (C=O) groups excluding carboxylic acids is 1. The van der Waals surface area contributed by atoms with Crippen LogP contribution in [0.3, 0.4) is 0 Å². The van der Waals surface area contributed by atoms with E-state index < -0.39 is 11.6 Å². The van der Waals surface area contributed by atoms with Crippen LogP contribution < -0.4 is 4.90 Å². The van der Waals surface area contributed by atoms with E-state index in [4.69, 9.17) is 5.11 Å². The van der Waals surface area contributed by atoms with Gasteiger partial charge in [0.15, 0.2) is 0 Å². The van der Waals surface area contributed by atoms with Crippen molar-refractivity contribution in [1.82, 2.24) is 0 Å². The van der Waals surface area contributed by atoms with Gasteiger partial charge in [0.25, 0.3) is 0 Å². The van der Waals surface area contributed by atoms with Crippen LogP contribution in [0, 0.1) is 0 Å². The van der Waals surface area contributed by atoms with Crippen LogP contribution in [0.1, 0.15) is 18.1 Å². The number of benzene rings is 1. The second kappa shape index (κ2) is 3.55. The van der Waals surface area contributed by atoms with Crippen LogP contribution in [-0.4, -0.2) is 24.0 Å². The number of fused-ring (bicyclic) bond motifs is 1. The molecule has 2 rings (SSSR count). The Labute approximate surface area is 97.7 Å². The molecule has 1 heterocycles. The number of aliphatic carboxylic acids is 1. The molecule has 4 nitrogen and oxygen atoms in total. The Kier molecular flexibility index (Phi) is 2.41. The molecule has 1 amide bonds. The van der Waals surface area contributed by atoms with Gasteiger partial charge in [-0.3, -0.25) is 4.79 Å². The first-order valence-corrected chi connectivity index (χ1v) is 5.16. The van der Waals surface area contributed by atoms with E-state index in [1.165, 1.54) is 17.0 Å². The van der Waals surface area contributed by atoms with Gasteiger partial charge in [-0.25, -0.2) is 9.18 Å². The summed E-state index contributed by atoms with van der Waals surface area (Å²) in [5.74, 6) is -1.61. The van der Waals surface area contributed by atoms with E-state index in [2.05, 4.69) is 0 Å². The third-order valence-corrected chi connectivity index (χ3v) is 3.10. The number of halogens is 1. The first-order valence-electron chi connectivity index (χ1n) is 5.16. The molecule has 0 aliphatic carbocycles. The van der Waals surface area contributed by atoms with E-state index >= 15 is 0 Å². The molecule has 0 saturated heterocycles. The SMILES string of the molecule is CN1C(=O)Cc2cc(C(C)(F)C(=O)O)ccc21. The van der Waals surface area contributed by atoms with Crippen LogP contribution in [-0.2, 0) is 21.7 Å². The monoisotopic (exact) mass is 237 g/mol. The minimum absolute atomic E-state index is 0.0619. The van der Waals surface area contributed by atoms with E-state index in [9.17, 15) is 14.0 Å². The number of likely N-dealkylation sites (N-methyl/N-ethyl adjacent to an activating group) is 1. The number of carbonyl (C=O) groups is 2. The number of hydrogen-bond acceptors (Lipinski definition) is 2. The summed E-state index contributed by atoms with van der Waals surface area (Å²) in [6.45, 7) is 0.998. The summed E-state index contributed by atoms with van der Waals surface area (Å²) in [6, 6.07) is 4.43. The van der Waals surface area contributed by atoms with Gasteiger partial charge in [-0.2, -0.15) is 0 Å². The molecule has 90 valence electrons. The number of anilines is 1. The van der Waals surface area contributed by atoms with Gasteiger partial charge >= 0.3 is 5.97 Å². The molecule has 1 atom stereocenters. The van der Waals surface area contributed by atoms with Crippen molar-refractivity contribution >= 4 is 17.6 Å². The van der Waals surface area contributed by atoms with Gasteiger partial charge in [0.05, 0.1) is 6.42 Å². The maximum atomic E-state index is 13.9. The quantitative estimate of drug-likeness (QED) is 0.847. The van der Waals surface area contributed by atoms with E-state index in [1.807, 2.05) is 0 Å². The van der Waals surface area contributed by atoms with E-state index in [0.29, 0.717) is 11.3 Å². The summed E-state index contributed by atoms with van der Waals surface area (Å²) in [5.41, 5.74) is -0.994. The topological polar surface area (TPSA) is 57.6 Å². The van der Waals surface area contributed by atoms with Crippen molar-refractivity contribution in [3.63, 3.8) is 0 Å². The number of rotatable bonds is 2. The molecule has 0 fully saturated rings. The molecule has 5 heteroatoms. The summed E-state index contributed by atoms with van der Waals surface area (Å²) in [5, 5.41) is 8.79. The molecule has 1 unspecified atom stereocenters. The van der Waals surface area contributed by atoms with Crippen LogP contribution in [0.25, 0.3) is 0 Å². The standard InChI is InChI=1S/C12H12FNO3/c1-12(13,11(16)17)8-3-4-9-7(5-8)6-10(15)14(9)2/h3-5H,6H2,1-2H3,(H,16,17). The summed E-state index contributed by atoms with van der Waals surface area (Å²) >= 11 is 0. The Morgan fingerprint density at radius 1 is 1.53 bits per heavy atom. The van der Waals surface area contributed by atoms with Crippen molar-refractivity contribution in [2.75, 3.05) is 11.9 Å². The van der Waals surface area contributed by atoms with Crippen LogP contribution in [0.5, 0.6) is 0 Å². The van der Waals surface area contributed by atoms with Crippen LogP contribution in [0.4, 0.5) is 10.1 Å². The van der Waals surface area contributed by atoms with Crippen molar-refractivity contribution in [3.8, 4) is 0 Å². The fourth-order valence-corrected chi connectivity index (χ4v) is 1.89. The van der Waals surface area contributed by atoms with Crippen molar-refractivity contribution in [2.45, 2.75) is 19.0 Å². The largest absolute Gasteiger partial charge is 0.479 e. The molecule has 0 spiro atoms. The van der Waals surface area contributed by atoms with Crippen molar-refractivity contribution < 1.29 is 19.1 Å². The Bertz CT molecular complexity index is 510. The molecule has 0 radical (unpaired) electrons. The lowest BCUT2D eigenvalue weighted by Crippen LogP contribution is -2.27. The zero-order valence-electron chi connectivity index (χ0n) is 9.53. The number of nitrogens with zero attached hydrogens (tertiary/aromatic N) is 1. The maximum Gasteiger partial charge on any atom is 0.345 e. The van der Waals surface area contributed by atoms with Crippen molar-refractivity contribution in [2.24, 2.45) is 0 Å². The highest BCUT2D eigenvalue weighted by Crippen LogP contribution is 2.33. The molecule has 17 heavy (non-hydrogen) atoms. The van der Waals surface area contributed by atoms with Gasteiger partial charge in [-0.15, -0.1) is 0 Å².